The fourth-order valence-corrected chi connectivity index (χ4v) is 2.86. The molecule has 0 bridgehead atoms. The van der Waals surface area contributed by atoms with Crippen LogP contribution in [0.15, 0.2) is 24.8 Å². The summed E-state index contributed by atoms with van der Waals surface area (Å²) in [5.41, 5.74) is 1.13. The molecule has 0 aromatic rings. The lowest BCUT2D eigenvalue weighted by atomic mass is 10.0. The Morgan fingerprint density at radius 2 is 2.00 bits per heavy atom. The summed E-state index contributed by atoms with van der Waals surface area (Å²) in [6, 6.07) is 0. The summed E-state index contributed by atoms with van der Waals surface area (Å²) in [6.07, 6.45) is 11.1. The predicted octanol–water partition coefficient (Wildman–Crippen LogP) is 5.31. The highest BCUT2D eigenvalue weighted by molar-refractivity contribution is 6.74. The molecule has 1 unspecified atom stereocenters. The van der Waals surface area contributed by atoms with Gasteiger partial charge >= 0.3 is 0 Å². The third-order valence-corrected chi connectivity index (χ3v) is 8.39. The SMILES string of the molecule is C#CCC(O[Si](C)(C)C(C)(C)C)C(=C)CCCC=C. The van der Waals surface area contributed by atoms with E-state index in [-0.39, 0.29) is 11.1 Å². The zero-order valence-electron chi connectivity index (χ0n) is 13.4. The molecule has 0 aromatic carbocycles. The second kappa shape index (κ2) is 7.72. The van der Waals surface area contributed by atoms with Gasteiger partial charge in [0.15, 0.2) is 8.32 Å². The molecule has 0 saturated heterocycles. The summed E-state index contributed by atoms with van der Waals surface area (Å²) in [6.45, 7) is 19.2. The van der Waals surface area contributed by atoms with E-state index >= 15 is 0 Å². The second-order valence-corrected chi connectivity index (χ2v) is 11.4. The Labute approximate surface area is 121 Å². The molecule has 108 valence electrons. The maximum atomic E-state index is 6.41. The quantitative estimate of drug-likeness (QED) is 0.253. The van der Waals surface area contributed by atoms with Gasteiger partial charge in [0.05, 0.1) is 6.10 Å². The van der Waals surface area contributed by atoms with Gasteiger partial charge < -0.3 is 4.43 Å². The van der Waals surface area contributed by atoms with Gasteiger partial charge in [0.1, 0.15) is 0 Å². The van der Waals surface area contributed by atoms with Crippen LogP contribution in [-0.2, 0) is 4.43 Å². The number of terminal acetylenes is 1. The van der Waals surface area contributed by atoms with E-state index in [0.717, 1.165) is 24.8 Å². The highest BCUT2D eigenvalue weighted by atomic mass is 28.4. The van der Waals surface area contributed by atoms with Crippen molar-refractivity contribution in [2.24, 2.45) is 0 Å². The van der Waals surface area contributed by atoms with Crippen molar-refractivity contribution >= 4 is 8.32 Å². The van der Waals surface area contributed by atoms with Crippen molar-refractivity contribution in [3.8, 4) is 12.3 Å². The van der Waals surface area contributed by atoms with Gasteiger partial charge in [0, 0.05) is 6.42 Å². The van der Waals surface area contributed by atoms with Crippen molar-refractivity contribution in [2.45, 2.75) is 70.7 Å². The minimum atomic E-state index is -1.79. The van der Waals surface area contributed by atoms with E-state index in [0.29, 0.717) is 6.42 Å². The second-order valence-electron chi connectivity index (χ2n) is 6.61. The van der Waals surface area contributed by atoms with Crippen LogP contribution in [0, 0.1) is 12.3 Å². The van der Waals surface area contributed by atoms with E-state index < -0.39 is 8.32 Å². The molecule has 0 heterocycles. The molecule has 0 aromatic heterocycles. The summed E-state index contributed by atoms with van der Waals surface area (Å²) in [5.74, 6) is 2.73. The number of hydrogen-bond donors (Lipinski definition) is 0. The van der Waals surface area contributed by atoms with Gasteiger partial charge in [-0.15, -0.1) is 18.9 Å². The first kappa shape index (κ1) is 18.2. The Morgan fingerprint density at radius 1 is 1.42 bits per heavy atom. The van der Waals surface area contributed by atoms with Crippen LogP contribution in [0.4, 0.5) is 0 Å². The predicted molar refractivity (Wildman–Crippen MR) is 88.7 cm³/mol. The first-order chi connectivity index (χ1) is 8.65. The Kier molecular flexibility index (Phi) is 7.40. The van der Waals surface area contributed by atoms with Crippen LogP contribution in [0.3, 0.4) is 0 Å². The van der Waals surface area contributed by atoms with Gasteiger partial charge in [-0.25, -0.2) is 0 Å². The van der Waals surface area contributed by atoms with Crippen molar-refractivity contribution in [3.63, 3.8) is 0 Å². The van der Waals surface area contributed by atoms with Crippen LogP contribution in [0.5, 0.6) is 0 Å². The summed E-state index contributed by atoms with van der Waals surface area (Å²) in [7, 11) is -1.79. The average Bonchev–Trinajstić information content (AvgIpc) is 2.27. The van der Waals surface area contributed by atoms with Crippen LogP contribution in [0.25, 0.3) is 0 Å². The maximum absolute atomic E-state index is 6.41. The normalized spacial score (nSPS) is 13.7. The number of allylic oxidation sites excluding steroid dienone is 1. The molecule has 0 N–H and O–H groups in total. The van der Waals surface area contributed by atoms with E-state index in [1.165, 1.54) is 0 Å². The topological polar surface area (TPSA) is 9.23 Å². The molecule has 0 aliphatic carbocycles. The van der Waals surface area contributed by atoms with E-state index in [1.54, 1.807) is 0 Å². The summed E-state index contributed by atoms with van der Waals surface area (Å²) in [5, 5.41) is 0.196. The van der Waals surface area contributed by atoms with Crippen molar-refractivity contribution in [1.29, 1.82) is 0 Å². The molecule has 0 fully saturated rings. The molecule has 0 aliphatic heterocycles. The van der Waals surface area contributed by atoms with E-state index in [4.69, 9.17) is 10.8 Å². The Bertz CT molecular complexity index is 341. The summed E-state index contributed by atoms with van der Waals surface area (Å²) in [4.78, 5) is 0. The fourth-order valence-electron chi connectivity index (χ4n) is 1.54. The van der Waals surface area contributed by atoms with Crippen molar-refractivity contribution in [2.75, 3.05) is 0 Å². The van der Waals surface area contributed by atoms with Crippen LogP contribution in [0.2, 0.25) is 18.1 Å². The largest absolute Gasteiger partial charge is 0.409 e. The first-order valence-corrected chi connectivity index (χ1v) is 9.96. The Hall–Kier alpha value is -0.783. The third-order valence-electron chi connectivity index (χ3n) is 3.91. The van der Waals surface area contributed by atoms with Gasteiger partial charge in [-0.05, 0) is 43.0 Å². The van der Waals surface area contributed by atoms with E-state index in [2.05, 4.69) is 52.9 Å². The van der Waals surface area contributed by atoms with Gasteiger partial charge in [0.2, 0.25) is 0 Å². The van der Waals surface area contributed by atoms with Crippen LogP contribution >= 0.6 is 0 Å². The minimum absolute atomic E-state index is 0.00991. The van der Waals surface area contributed by atoms with Gasteiger partial charge in [-0.3, -0.25) is 0 Å². The number of unbranched alkanes of at least 4 members (excludes halogenated alkanes) is 1. The summed E-state index contributed by atoms with van der Waals surface area (Å²) < 4.78 is 6.41. The lowest BCUT2D eigenvalue weighted by molar-refractivity contribution is 0.215. The van der Waals surface area contributed by atoms with E-state index in [1.807, 2.05) is 6.08 Å². The number of rotatable bonds is 8. The molecule has 2 heteroatoms. The van der Waals surface area contributed by atoms with Crippen LogP contribution < -0.4 is 0 Å². The zero-order valence-corrected chi connectivity index (χ0v) is 14.4. The number of hydrogen-bond acceptors (Lipinski definition) is 1. The monoisotopic (exact) mass is 278 g/mol. The fraction of sp³-hybridized carbons (Fsp3) is 0.647. The first-order valence-electron chi connectivity index (χ1n) is 7.05. The molecule has 1 nitrogen and oxygen atoms in total. The highest BCUT2D eigenvalue weighted by Gasteiger charge is 2.39. The van der Waals surface area contributed by atoms with Crippen LogP contribution in [0.1, 0.15) is 46.5 Å². The highest BCUT2D eigenvalue weighted by Crippen LogP contribution is 2.38. The molecule has 0 amide bonds. The molecule has 0 aliphatic rings. The average molecular weight is 279 g/mol. The third kappa shape index (κ3) is 6.27. The van der Waals surface area contributed by atoms with Gasteiger partial charge in [-0.2, -0.15) is 0 Å². The zero-order chi connectivity index (χ0) is 15.1. The van der Waals surface area contributed by atoms with Gasteiger partial charge in [0.25, 0.3) is 0 Å². The van der Waals surface area contributed by atoms with Gasteiger partial charge in [-0.1, -0.05) is 33.4 Å². The molecule has 1 atom stereocenters. The molecule has 0 rings (SSSR count). The van der Waals surface area contributed by atoms with Crippen molar-refractivity contribution in [3.05, 3.63) is 24.8 Å². The summed E-state index contributed by atoms with van der Waals surface area (Å²) >= 11 is 0. The van der Waals surface area contributed by atoms with Crippen molar-refractivity contribution in [1.82, 2.24) is 0 Å². The molecular formula is C17H30OSi. The Morgan fingerprint density at radius 3 is 2.42 bits per heavy atom. The molecule has 0 saturated carbocycles. The molecule has 0 radical (unpaired) electrons. The minimum Gasteiger partial charge on any atom is -0.409 e. The molecule has 0 spiro atoms. The lowest BCUT2D eigenvalue weighted by Gasteiger charge is -2.39. The smallest absolute Gasteiger partial charge is 0.192 e. The van der Waals surface area contributed by atoms with Crippen molar-refractivity contribution < 1.29 is 4.43 Å². The molecule has 19 heavy (non-hydrogen) atoms. The van der Waals surface area contributed by atoms with Crippen LogP contribution in [-0.4, -0.2) is 14.4 Å². The molecular weight excluding hydrogens is 248 g/mol. The van der Waals surface area contributed by atoms with E-state index in [9.17, 15) is 0 Å². The maximum Gasteiger partial charge on any atom is 0.192 e. The Balaban J connectivity index is 4.70. The lowest BCUT2D eigenvalue weighted by Crippen LogP contribution is -2.44. The standard InChI is InChI=1S/C17H30OSi/c1-9-11-12-14-15(3)16(13-10-2)18-19(7,8)17(4,5)6/h2,9,16H,1,3,11-14H2,4-8H3.